The Labute approximate surface area is 67.6 Å². The number of hydrogen-bond donors (Lipinski definition) is 0. The highest BCUT2D eigenvalue weighted by atomic mass is 16.1. The largest absolute Gasteiger partial charge is 0.303 e. The van der Waals surface area contributed by atoms with Crippen molar-refractivity contribution in [3.05, 3.63) is 0 Å². The van der Waals surface area contributed by atoms with E-state index < -0.39 is 0 Å². The Morgan fingerprint density at radius 1 is 1.45 bits per heavy atom. The molecule has 1 unspecified atom stereocenters. The zero-order chi connectivity index (χ0) is 7.84. The van der Waals surface area contributed by atoms with Gasteiger partial charge in [0.15, 0.2) is 0 Å². The highest BCUT2D eigenvalue weighted by molar-refractivity contribution is 5.80. The predicted octanol–water partition coefficient (Wildman–Crippen LogP) is 1.06. The molecule has 0 N–H and O–H groups in total. The van der Waals surface area contributed by atoms with Gasteiger partial charge in [-0.15, -0.1) is 0 Å². The van der Waals surface area contributed by atoms with Crippen LogP contribution in [0.15, 0.2) is 0 Å². The molecule has 1 saturated carbocycles. The van der Waals surface area contributed by atoms with E-state index in [9.17, 15) is 4.79 Å². The van der Waals surface area contributed by atoms with Gasteiger partial charge < -0.3 is 4.90 Å². The predicted molar refractivity (Wildman–Crippen MR) is 43.4 cm³/mol. The molecule has 2 nitrogen and oxygen atoms in total. The zero-order valence-corrected chi connectivity index (χ0v) is 7.05. The van der Waals surface area contributed by atoms with Crippen LogP contribution in [-0.2, 0) is 4.79 Å². The summed E-state index contributed by atoms with van der Waals surface area (Å²) in [7, 11) is 2.14. The van der Waals surface area contributed by atoms with E-state index >= 15 is 0 Å². The second kappa shape index (κ2) is 2.59. The molecule has 11 heavy (non-hydrogen) atoms. The summed E-state index contributed by atoms with van der Waals surface area (Å²) < 4.78 is 0. The fourth-order valence-electron chi connectivity index (χ4n) is 2.43. The van der Waals surface area contributed by atoms with Crippen molar-refractivity contribution in [3.8, 4) is 0 Å². The van der Waals surface area contributed by atoms with Crippen molar-refractivity contribution in [2.75, 3.05) is 13.6 Å². The first kappa shape index (κ1) is 7.29. The summed E-state index contributed by atoms with van der Waals surface area (Å²) in [6.07, 6.45) is 4.12. The first-order valence-electron chi connectivity index (χ1n) is 4.49. The van der Waals surface area contributed by atoms with Crippen molar-refractivity contribution in [1.29, 1.82) is 0 Å². The lowest BCUT2D eigenvalue weighted by atomic mass is 9.84. The minimum atomic E-state index is 0.472. The molecule has 1 heterocycles. The van der Waals surface area contributed by atoms with Gasteiger partial charge in [-0.3, -0.25) is 4.79 Å². The molecule has 2 fully saturated rings. The molecule has 2 atom stereocenters. The van der Waals surface area contributed by atoms with E-state index in [-0.39, 0.29) is 0 Å². The molecule has 0 radical (unpaired) electrons. The van der Waals surface area contributed by atoms with E-state index in [1.54, 1.807) is 0 Å². The van der Waals surface area contributed by atoms with Crippen LogP contribution in [0.3, 0.4) is 0 Å². The van der Waals surface area contributed by atoms with E-state index in [0.717, 1.165) is 25.2 Å². The summed E-state index contributed by atoms with van der Waals surface area (Å²) >= 11 is 0. The number of Topliss-reactive ketones (excluding diaryl/α,β-unsaturated/α-hetero) is 1. The normalized spacial score (nSPS) is 39.2. The molecule has 0 amide bonds. The number of fused-ring (bicyclic) bond motifs is 1. The molecule has 1 aliphatic heterocycles. The van der Waals surface area contributed by atoms with Gasteiger partial charge in [-0.05, 0) is 32.4 Å². The first-order valence-corrected chi connectivity index (χ1v) is 4.49. The highest BCUT2D eigenvalue weighted by Gasteiger charge is 2.36. The lowest BCUT2D eigenvalue weighted by molar-refractivity contribution is -0.122. The number of carbonyl (C=O) groups is 1. The lowest BCUT2D eigenvalue weighted by Gasteiger charge is -2.28. The van der Waals surface area contributed by atoms with Crippen LogP contribution in [0.1, 0.15) is 25.7 Å². The highest BCUT2D eigenvalue weighted by Crippen LogP contribution is 2.33. The fourth-order valence-corrected chi connectivity index (χ4v) is 2.43. The van der Waals surface area contributed by atoms with Crippen LogP contribution in [-0.4, -0.2) is 30.3 Å². The van der Waals surface area contributed by atoms with Gasteiger partial charge in [-0.25, -0.2) is 0 Å². The van der Waals surface area contributed by atoms with Gasteiger partial charge in [0.1, 0.15) is 5.78 Å². The number of rotatable bonds is 0. The molecule has 0 bridgehead atoms. The average molecular weight is 153 g/mol. The molecule has 0 aromatic heterocycles. The van der Waals surface area contributed by atoms with Crippen LogP contribution >= 0.6 is 0 Å². The summed E-state index contributed by atoms with van der Waals surface area (Å²) in [6, 6.07) is 0.594. The zero-order valence-electron chi connectivity index (χ0n) is 7.05. The lowest BCUT2D eigenvalue weighted by Crippen LogP contribution is -2.35. The van der Waals surface area contributed by atoms with Gasteiger partial charge in [0.05, 0.1) is 0 Å². The topological polar surface area (TPSA) is 20.3 Å². The quantitative estimate of drug-likeness (QED) is 0.518. The minimum Gasteiger partial charge on any atom is -0.303 e. The van der Waals surface area contributed by atoms with E-state index in [2.05, 4.69) is 11.9 Å². The molecule has 1 aliphatic carbocycles. The first-order chi connectivity index (χ1) is 5.27. The maximum atomic E-state index is 11.1. The molecule has 62 valence electrons. The summed E-state index contributed by atoms with van der Waals surface area (Å²) in [5, 5.41) is 0. The minimum absolute atomic E-state index is 0.472. The number of carbonyl (C=O) groups excluding carboxylic acids is 1. The van der Waals surface area contributed by atoms with Gasteiger partial charge >= 0.3 is 0 Å². The molecular weight excluding hydrogens is 138 g/mol. The van der Waals surface area contributed by atoms with Crippen molar-refractivity contribution in [2.24, 2.45) is 5.92 Å². The Balaban J connectivity index is 2.07. The van der Waals surface area contributed by atoms with Crippen molar-refractivity contribution in [1.82, 2.24) is 4.90 Å². The molecule has 0 aromatic carbocycles. The fraction of sp³-hybridized carbons (Fsp3) is 0.889. The summed E-state index contributed by atoms with van der Waals surface area (Å²) in [5.74, 6) is 1.30. The Bertz CT molecular complexity index is 178. The van der Waals surface area contributed by atoms with Gasteiger partial charge in [0.25, 0.3) is 0 Å². The maximum Gasteiger partial charge on any atom is 0.134 e. The molecule has 2 rings (SSSR count). The Morgan fingerprint density at radius 3 is 3.09 bits per heavy atom. The molecule has 0 aromatic rings. The van der Waals surface area contributed by atoms with E-state index in [1.807, 2.05) is 0 Å². The summed E-state index contributed by atoms with van der Waals surface area (Å²) in [4.78, 5) is 13.5. The number of nitrogens with zero attached hydrogens (tertiary/aromatic N) is 1. The van der Waals surface area contributed by atoms with E-state index in [0.29, 0.717) is 11.8 Å². The third-order valence-corrected chi connectivity index (χ3v) is 3.19. The third-order valence-electron chi connectivity index (χ3n) is 3.19. The molecule has 2 heteroatoms. The SMILES string of the molecule is CN1CCC2CCC(=O)C[C@@H]21. The standard InChI is InChI=1S/C9H15NO/c1-10-5-4-7-2-3-8(11)6-9(7)10/h7,9H,2-6H2,1H3/t7?,9-/m0/s1. The van der Waals surface area contributed by atoms with Crippen LogP contribution in [0.4, 0.5) is 0 Å². The van der Waals surface area contributed by atoms with Gasteiger partial charge in [0.2, 0.25) is 0 Å². The van der Waals surface area contributed by atoms with Crippen LogP contribution < -0.4 is 0 Å². The maximum absolute atomic E-state index is 11.1. The third kappa shape index (κ3) is 1.20. The number of ketones is 1. The van der Waals surface area contributed by atoms with Crippen LogP contribution in [0.2, 0.25) is 0 Å². The van der Waals surface area contributed by atoms with Gasteiger partial charge in [-0.1, -0.05) is 0 Å². The smallest absolute Gasteiger partial charge is 0.134 e. The monoisotopic (exact) mass is 153 g/mol. The Kier molecular flexibility index (Phi) is 1.72. The van der Waals surface area contributed by atoms with Crippen molar-refractivity contribution in [3.63, 3.8) is 0 Å². The van der Waals surface area contributed by atoms with Crippen molar-refractivity contribution in [2.45, 2.75) is 31.7 Å². The second-order valence-corrected chi connectivity index (χ2v) is 3.88. The average Bonchev–Trinajstić information content (AvgIpc) is 2.33. The second-order valence-electron chi connectivity index (χ2n) is 3.88. The molecule has 1 saturated heterocycles. The van der Waals surface area contributed by atoms with E-state index in [1.165, 1.54) is 13.0 Å². The van der Waals surface area contributed by atoms with Crippen LogP contribution in [0, 0.1) is 5.92 Å². The van der Waals surface area contributed by atoms with Crippen LogP contribution in [0.5, 0.6) is 0 Å². The van der Waals surface area contributed by atoms with Crippen molar-refractivity contribution >= 4 is 5.78 Å². The van der Waals surface area contributed by atoms with Crippen LogP contribution in [0.25, 0.3) is 0 Å². The number of hydrogen-bond acceptors (Lipinski definition) is 2. The molecule has 0 spiro atoms. The molecule has 2 aliphatic rings. The number of likely N-dealkylation sites (tertiary alicyclic amines) is 1. The van der Waals surface area contributed by atoms with E-state index in [4.69, 9.17) is 0 Å². The Morgan fingerprint density at radius 2 is 2.27 bits per heavy atom. The van der Waals surface area contributed by atoms with Crippen molar-refractivity contribution < 1.29 is 4.79 Å². The summed E-state index contributed by atoms with van der Waals surface area (Å²) in [5.41, 5.74) is 0. The van der Waals surface area contributed by atoms with Gasteiger partial charge in [-0.2, -0.15) is 0 Å². The molecular formula is C9H15NO. The summed E-state index contributed by atoms with van der Waals surface area (Å²) in [6.45, 7) is 1.20. The van der Waals surface area contributed by atoms with Gasteiger partial charge in [0, 0.05) is 18.9 Å². The Hall–Kier alpha value is -0.370.